The highest BCUT2D eigenvalue weighted by molar-refractivity contribution is 9.10. The number of rotatable bonds is 2. The van der Waals surface area contributed by atoms with Gasteiger partial charge >= 0.3 is 0 Å². The van der Waals surface area contributed by atoms with Gasteiger partial charge < -0.3 is 0 Å². The van der Waals surface area contributed by atoms with Gasteiger partial charge in [-0.3, -0.25) is 0 Å². The van der Waals surface area contributed by atoms with Gasteiger partial charge in [0.05, 0.1) is 0 Å². The van der Waals surface area contributed by atoms with Crippen LogP contribution in [0.1, 0.15) is 18.4 Å². The van der Waals surface area contributed by atoms with Crippen molar-refractivity contribution < 1.29 is 0 Å². The molecule has 0 bridgehead atoms. The van der Waals surface area contributed by atoms with Gasteiger partial charge in [0.15, 0.2) is 0 Å². The fraction of sp³-hybridized carbons (Fsp3) is 0.273. The second-order valence-corrected chi connectivity index (χ2v) is 4.07. The lowest BCUT2D eigenvalue weighted by molar-refractivity contribution is 1.13. The first-order chi connectivity index (χ1) is 5.86. The normalized spacial score (nSPS) is 17.1. The molecule has 1 aliphatic carbocycles. The summed E-state index contributed by atoms with van der Waals surface area (Å²) >= 11 is 3.52. The Bertz CT molecular complexity index is 298. The quantitative estimate of drug-likeness (QED) is 0.713. The molecule has 1 aromatic carbocycles. The molecule has 1 heteroatoms. The van der Waals surface area contributed by atoms with Crippen LogP contribution in [0, 0.1) is 5.92 Å². The fourth-order valence-electron chi connectivity index (χ4n) is 1.14. The summed E-state index contributed by atoms with van der Waals surface area (Å²) in [6.45, 7) is 0. The average molecular weight is 223 g/mol. The van der Waals surface area contributed by atoms with Gasteiger partial charge in [0.2, 0.25) is 0 Å². The standard InChI is InChI=1S/C11H11Br/c12-11-4-2-1-3-10(11)8-7-9-5-6-9/h1-4,7-9H,5-6H2. The highest BCUT2D eigenvalue weighted by atomic mass is 79.9. The zero-order chi connectivity index (χ0) is 8.39. The Morgan fingerprint density at radius 3 is 2.67 bits per heavy atom. The third-order valence-electron chi connectivity index (χ3n) is 2.08. The van der Waals surface area contributed by atoms with E-state index in [-0.39, 0.29) is 0 Å². The van der Waals surface area contributed by atoms with Crippen molar-refractivity contribution >= 4 is 22.0 Å². The molecule has 1 saturated carbocycles. The number of hydrogen-bond donors (Lipinski definition) is 0. The number of benzene rings is 1. The Balaban J connectivity index is 2.15. The molecule has 12 heavy (non-hydrogen) atoms. The topological polar surface area (TPSA) is 0 Å². The second-order valence-electron chi connectivity index (χ2n) is 3.22. The van der Waals surface area contributed by atoms with Crippen molar-refractivity contribution in [2.45, 2.75) is 12.8 Å². The predicted octanol–water partition coefficient (Wildman–Crippen LogP) is 3.87. The fourth-order valence-corrected chi connectivity index (χ4v) is 1.56. The van der Waals surface area contributed by atoms with Crippen molar-refractivity contribution in [1.29, 1.82) is 0 Å². The van der Waals surface area contributed by atoms with Gasteiger partial charge in [-0.1, -0.05) is 46.3 Å². The molecule has 1 aliphatic rings. The SMILES string of the molecule is Brc1ccccc1C=CC1CC1. The summed E-state index contributed by atoms with van der Waals surface area (Å²) in [6, 6.07) is 8.31. The van der Waals surface area contributed by atoms with Crippen molar-refractivity contribution in [3.8, 4) is 0 Å². The molecule has 0 aromatic heterocycles. The lowest BCUT2D eigenvalue weighted by Crippen LogP contribution is -1.73. The van der Waals surface area contributed by atoms with E-state index in [9.17, 15) is 0 Å². The van der Waals surface area contributed by atoms with Gasteiger partial charge in [0.25, 0.3) is 0 Å². The van der Waals surface area contributed by atoms with E-state index in [1.165, 1.54) is 22.9 Å². The molecule has 0 atom stereocenters. The van der Waals surface area contributed by atoms with E-state index in [1.54, 1.807) is 0 Å². The van der Waals surface area contributed by atoms with Gasteiger partial charge in [-0.25, -0.2) is 0 Å². The van der Waals surface area contributed by atoms with Gasteiger partial charge in [-0.15, -0.1) is 0 Å². The number of allylic oxidation sites excluding steroid dienone is 1. The van der Waals surface area contributed by atoms with Gasteiger partial charge in [-0.2, -0.15) is 0 Å². The Morgan fingerprint density at radius 1 is 1.25 bits per heavy atom. The Labute approximate surface area is 81.4 Å². The van der Waals surface area contributed by atoms with E-state index in [1.807, 2.05) is 6.07 Å². The second kappa shape index (κ2) is 3.44. The molecule has 0 spiro atoms. The van der Waals surface area contributed by atoms with Gasteiger partial charge in [0.1, 0.15) is 0 Å². The zero-order valence-corrected chi connectivity index (χ0v) is 8.42. The highest BCUT2D eigenvalue weighted by Gasteiger charge is 2.16. The minimum absolute atomic E-state index is 0.858. The molecular formula is C11H11Br. The lowest BCUT2D eigenvalue weighted by Gasteiger charge is -1.95. The minimum atomic E-state index is 0.858. The minimum Gasteiger partial charge on any atom is -0.0808 e. The molecule has 0 nitrogen and oxygen atoms in total. The molecule has 2 rings (SSSR count). The van der Waals surface area contributed by atoms with E-state index < -0.39 is 0 Å². The Hall–Kier alpha value is -0.560. The Morgan fingerprint density at radius 2 is 2.00 bits per heavy atom. The molecule has 1 aromatic rings. The maximum Gasteiger partial charge on any atom is 0.0247 e. The summed E-state index contributed by atoms with van der Waals surface area (Å²) in [4.78, 5) is 0. The summed E-state index contributed by atoms with van der Waals surface area (Å²) in [5.41, 5.74) is 1.28. The molecule has 0 N–H and O–H groups in total. The lowest BCUT2D eigenvalue weighted by atomic mass is 10.2. The van der Waals surface area contributed by atoms with Crippen molar-refractivity contribution in [3.05, 3.63) is 40.4 Å². The van der Waals surface area contributed by atoms with Crippen LogP contribution in [0.25, 0.3) is 6.08 Å². The van der Waals surface area contributed by atoms with Crippen LogP contribution in [-0.2, 0) is 0 Å². The summed E-state index contributed by atoms with van der Waals surface area (Å²) in [5, 5.41) is 0. The largest absolute Gasteiger partial charge is 0.0808 e. The zero-order valence-electron chi connectivity index (χ0n) is 6.83. The van der Waals surface area contributed by atoms with Crippen LogP contribution in [0.15, 0.2) is 34.8 Å². The third kappa shape index (κ3) is 1.98. The Kier molecular flexibility index (Phi) is 2.31. The summed E-state index contributed by atoms with van der Waals surface area (Å²) < 4.78 is 1.18. The van der Waals surface area contributed by atoms with Gasteiger partial charge in [-0.05, 0) is 30.4 Å². The van der Waals surface area contributed by atoms with Crippen molar-refractivity contribution in [2.75, 3.05) is 0 Å². The van der Waals surface area contributed by atoms with Crippen molar-refractivity contribution in [3.63, 3.8) is 0 Å². The molecule has 0 aliphatic heterocycles. The van der Waals surface area contributed by atoms with Crippen LogP contribution < -0.4 is 0 Å². The van der Waals surface area contributed by atoms with Crippen LogP contribution in [0.2, 0.25) is 0 Å². The smallest absolute Gasteiger partial charge is 0.0247 e. The van der Waals surface area contributed by atoms with Crippen molar-refractivity contribution in [2.24, 2.45) is 5.92 Å². The molecule has 1 fully saturated rings. The molecule has 0 heterocycles. The molecule has 0 amide bonds. The molecule has 0 unspecified atom stereocenters. The first kappa shape index (κ1) is 8.06. The third-order valence-corrected chi connectivity index (χ3v) is 2.80. The average Bonchev–Trinajstić information content (AvgIpc) is 2.86. The van der Waals surface area contributed by atoms with Crippen LogP contribution in [0.3, 0.4) is 0 Å². The molecule has 62 valence electrons. The summed E-state index contributed by atoms with van der Waals surface area (Å²) in [5.74, 6) is 0.858. The number of hydrogen-bond acceptors (Lipinski definition) is 0. The van der Waals surface area contributed by atoms with E-state index >= 15 is 0 Å². The van der Waals surface area contributed by atoms with Crippen molar-refractivity contribution in [1.82, 2.24) is 0 Å². The van der Waals surface area contributed by atoms with Crippen LogP contribution in [0.4, 0.5) is 0 Å². The predicted molar refractivity (Wildman–Crippen MR) is 55.9 cm³/mol. The molecular weight excluding hydrogens is 212 g/mol. The van der Waals surface area contributed by atoms with Crippen LogP contribution in [-0.4, -0.2) is 0 Å². The highest BCUT2D eigenvalue weighted by Crippen LogP contribution is 2.31. The van der Waals surface area contributed by atoms with Crippen LogP contribution in [0.5, 0.6) is 0 Å². The van der Waals surface area contributed by atoms with E-state index in [0.717, 1.165) is 5.92 Å². The monoisotopic (exact) mass is 222 g/mol. The summed E-state index contributed by atoms with van der Waals surface area (Å²) in [7, 11) is 0. The maximum absolute atomic E-state index is 3.52. The molecule has 0 radical (unpaired) electrons. The van der Waals surface area contributed by atoms with Gasteiger partial charge in [0, 0.05) is 4.47 Å². The van der Waals surface area contributed by atoms with E-state index in [4.69, 9.17) is 0 Å². The summed E-state index contributed by atoms with van der Waals surface area (Å²) in [6.07, 6.45) is 7.27. The van der Waals surface area contributed by atoms with Crippen LogP contribution >= 0.6 is 15.9 Å². The molecule has 0 saturated heterocycles. The maximum atomic E-state index is 3.52. The van der Waals surface area contributed by atoms with E-state index in [2.05, 4.69) is 46.3 Å². The first-order valence-corrected chi connectivity index (χ1v) is 5.08. The van der Waals surface area contributed by atoms with E-state index in [0.29, 0.717) is 0 Å². The first-order valence-electron chi connectivity index (χ1n) is 4.29. The number of halogens is 1.